The van der Waals surface area contributed by atoms with Crippen molar-refractivity contribution in [1.29, 1.82) is 0 Å². The van der Waals surface area contributed by atoms with E-state index in [-0.39, 0.29) is 5.91 Å². The fraction of sp³-hybridized carbons (Fsp3) is 0.207. The minimum absolute atomic E-state index is 0.0527. The van der Waals surface area contributed by atoms with Gasteiger partial charge in [-0.3, -0.25) is 9.20 Å². The Kier molecular flexibility index (Phi) is 6.06. The van der Waals surface area contributed by atoms with Crippen molar-refractivity contribution < 1.29 is 4.79 Å². The number of aryl methyl sites for hydroxylation is 2. The van der Waals surface area contributed by atoms with Crippen molar-refractivity contribution in [3.8, 4) is 11.4 Å². The van der Waals surface area contributed by atoms with E-state index in [1.165, 1.54) is 11.1 Å². The first kappa shape index (κ1) is 22.8. The number of carbonyl (C=O) groups is 1. The number of hydrogen-bond donors (Lipinski definition) is 1. The van der Waals surface area contributed by atoms with Crippen molar-refractivity contribution in [2.45, 2.75) is 32.6 Å². The van der Waals surface area contributed by atoms with Crippen LogP contribution >= 0.6 is 0 Å². The minimum atomic E-state index is 0.0527. The molecule has 0 aliphatic carbocycles. The SMILES string of the molecule is Cc1ccc(CCNC(=O)CCCc2nnc3n4nc(-c5ccccc5)nc4c4ccccc4n23)cc1. The second-order valence-corrected chi connectivity index (χ2v) is 9.24. The quantitative estimate of drug-likeness (QED) is 0.338. The number of hydrogen-bond acceptors (Lipinski definition) is 5. The summed E-state index contributed by atoms with van der Waals surface area (Å²) in [5, 5.41) is 17.7. The summed E-state index contributed by atoms with van der Waals surface area (Å²) < 4.78 is 3.79. The molecule has 3 heterocycles. The number of nitrogens with one attached hydrogen (secondary N) is 1. The lowest BCUT2D eigenvalue weighted by Crippen LogP contribution is -2.25. The van der Waals surface area contributed by atoms with Crippen molar-refractivity contribution >= 4 is 28.2 Å². The summed E-state index contributed by atoms with van der Waals surface area (Å²) in [6.07, 6.45) is 2.56. The molecule has 3 aromatic heterocycles. The van der Waals surface area contributed by atoms with Crippen LogP contribution in [-0.4, -0.2) is 41.6 Å². The second kappa shape index (κ2) is 9.81. The standard InChI is InChI=1S/C29H27N7O/c1-20-14-16-21(17-15-20)18-19-30-26(37)13-7-12-25-32-33-29-35(25)24-11-6-5-10-23(24)28-31-27(34-36(28)29)22-8-3-2-4-9-22/h2-6,8-11,14-17H,7,12-13,18-19H2,1H3,(H,30,37). The number of amides is 1. The molecule has 6 rings (SSSR count). The van der Waals surface area contributed by atoms with E-state index in [0.717, 1.165) is 34.4 Å². The molecule has 0 unspecified atom stereocenters. The van der Waals surface area contributed by atoms with Crippen molar-refractivity contribution in [1.82, 2.24) is 34.5 Å². The predicted molar refractivity (Wildman–Crippen MR) is 143 cm³/mol. The Balaban J connectivity index is 1.20. The van der Waals surface area contributed by atoms with Gasteiger partial charge in [0.05, 0.1) is 5.52 Å². The Bertz CT molecular complexity index is 1700. The number of rotatable bonds is 8. The lowest BCUT2D eigenvalue weighted by Gasteiger charge is -2.07. The topological polar surface area (TPSA) is 89.5 Å². The molecule has 8 heteroatoms. The highest BCUT2D eigenvalue weighted by Gasteiger charge is 2.18. The summed E-state index contributed by atoms with van der Waals surface area (Å²) in [6.45, 7) is 2.71. The summed E-state index contributed by atoms with van der Waals surface area (Å²) in [7, 11) is 0. The zero-order valence-corrected chi connectivity index (χ0v) is 20.6. The van der Waals surface area contributed by atoms with E-state index in [4.69, 9.17) is 10.1 Å². The van der Waals surface area contributed by atoms with Crippen LogP contribution in [0.2, 0.25) is 0 Å². The number of para-hydroxylation sites is 1. The van der Waals surface area contributed by atoms with Crippen LogP contribution in [0.4, 0.5) is 0 Å². The molecule has 184 valence electrons. The molecule has 3 aromatic carbocycles. The zero-order valence-electron chi connectivity index (χ0n) is 20.6. The van der Waals surface area contributed by atoms with E-state index in [0.29, 0.717) is 37.4 Å². The van der Waals surface area contributed by atoms with Crippen molar-refractivity contribution in [3.63, 3.8) is 0 Å². The summed E-state index contributed by atoms with van der Waals surface area (Å²) in [6, 6.07) is 26.4. The van der Waals surface area contributed by atoms with E-state index in [1.54, 1.807) is 4.52 Å². The second-order valence-electron chi connectivity index (χ2n) is 9.24. The Morgan fingerprint density at radius 1 is 0.892 bits per heavy atom. The lowest BCUT2D eigenvalue weighted by atomic mass is 10.1. The third kappa shape index (κ3) is 4.53. The number of carbonyl (C=O) groups excluding carboxylic acids is 1. The molecule has 0 saturated heterocycles. The maximum Gasteiger partial charge on any atom is 0.258 e. The number of nitrogens with zero attached hydrogens (tertiary/aromatic N) is 6. The average molecular weight is 490 g/mol. The largest absolute Gasteiger partial charge is 0.356 e. The predicted octanol–water partition coefficient (Wildman–Crippen LogP) is 4.58. The van der Waals surface area contributed by atoms with Crippen LogP contribution in [-0.2, 0) is 17.6 Å². The number of aromatic nitrogens is 6. The van der Waals surface area contributed by atoms with E-state index in [2.05, 4.69) is 46.7 Å². The molecule has 8 nitrogen and oxygen atoms in total. The molecule has 0 saturated carbocycles. The Labute approximate surface area is 214 Å². The highest BCUT2D eigenvalue weighted by Crippen LogP contribution is 2.25. The molecule has 0 aliphatic rings. The van der Waals surface area contributed by atoms with Crippen LogP contribution in [0.5, 0.6) is 0 Å². The molecule has 0 bridgehead atoms. The average Bonchev–Trinajstić information content (AvgIpc) is 3.56. The van der Waals surface area contributed by atoms with E-state index < -0.39 is 0 Å². The van der Waals surface area contributed by atoms with Crippen molar-refractivity contribution in [2.75, 3.05) is 6.54 Å². The number of benzene rings is 3. The number of fused-ring (bicyclic) bond motifs is 6. The molecule has 0 fully saturated rings. The van der Waals surface area contributed by atoms with E-state index in [1.807, 2.05) is 59.0 Å². The molecular weight excluding hydrogens is 462 g/mol. The fourth-order valence-corrected chi connectivity index (χ4v) is 4.64. The van der Waals surface area contributed by atoms with E-state index in [9.17, 15) is 4.79 Å². The summed E-state index contributed by atoms with van der Waals surface area (Å²) in [5.74, 6) is 2.11. The van der Waals surface area contributed by atoms with Crippen molar-refractivity contribution in [2.24, 2.45) is 0 Å². The van der Waals surface area contributed by atoms with Gasteiger partial charge in [0.2, 0.25) is 5.91 Å². The highest BCUT2D eigenvalue weighted by molar-refractivity contribution is 5.94. The van der Waals surface area contributed by atoms with Gasteiger partial charge in [0.1, 0.15) is 5.82 Å². The lowest BCUT2D eigenvalue weighted by molar-refractivity contribution is -0.121. The van der Waals surface area contributed by atoms with Gasteiger partial charge in [-0.2, -0.15) is 4.52 Å². The fourth-order valence-electron chi connectivity index (χ4n) is 4.64. The van der Waals surface area contributed by atoms with Gasteiger partial charge in [0.25, 0.3) is 5.78 Å². The minimum Gasteiger partial charge on any atom is -0.356 e. The van der Waals surface area contributed by atoms with Crippen LogP contribution < -0.4 is 5.32 Å². The molecule has 1 N–H and O–H groups in total. The van der Waals surface area contributed by atoms with E-state index >= 15 is 0 Å². The van der Waals surface area contributed by atoms with Gasteiger partial charge >= 0.3 is 0 Å². The third-order valence-corrected chi connectivity index (χ3v) is 6.59. The smallest absolute Gasteiger partial charge is 0.258 e. The Morgan fingerprint density at radius 2 is 1.68 bits per heavy atom. The van der Waals surface area contributed by atoms with Crippen LogP contribution in [0.25, 0.3) is 33.7 Å². The van der Waals surface area contributed by atoms with Crippen molar-refractivity contribution in [3.05, 3.63) is 95.8 Å². The van der Waals surface area contributed by atoms with Gasteiger partial charge in [-0.15, -0.1) is 15.3 Å². The summed E-state index contributed by atoms with van der Waals surface area (Å²) >= 11 is 0. The monoisotopic (exact) mass is 489 g/mol. The molecule has 0 spiro atoms. The maximum absolute atomic E-state index is 12.4. The maximum atomic E-state index is 12.4. The van der Waals surface area contributed by atoms with Gasteiger partial charge in [-0.05, 0) is 37.5 Å². The molecule has 6 aromatic rings. The first-order valence-electron chi connectivity index (χ1n) is 12.6. The highest BCUT2D eigenvalue weighted by atomic mass is 16.1. The van der Waals surface area contributed by atoms with Gasteiger partial charge < -0.3 is 5.32 Å². The van der Waals surface area contributed by atoms with Crippen LogP contribution in [0.15, 0.2) is 78.9 Å². The molecule has 1 amide bonds. The molecule has 0 radical (unpaired) electrons. The molecule has 0 atom stereocenters. The van der Waals surface area contributed by atoms with Gasteiger partial charge in [-0.1, -0.05) is 72.3 Å². The Hall–Kier alpha value is -4.59. The first-order chi connectivity index (χ1) is 18.2. The summed E-state index contributed by atoms with van der Waals surface area (Å²) in [5.41, 5.74) is 5.13. The first-order valence-corrected chi connectivity index (χ1v) is 12.6. The zero-order chi connectivity index (χ0) is 25.2. The van der Waals surface area contributed by atoms with Gasteiger partial charge in [-0.25, -0.2) is 4.98 Å². The molecule has 37 heavy (non-hydrogen) atoms. The van der Waals surface area contributed by atoms with Gasteiger partial charge in [0.15, 0.2) is 11.5 Å². The molecular formula is C29H27N7O. The van der Waals surface area contributed by atoms with Crippen LogP contribution in [0.3, 0.4) is 0 Å². The molecule has 0 aliphatic heterocycles. The Morgan fingerprint density at radius 3 is 2.51 bits per heavy atom. The van der Waals surface area contributed by atoms with Crippen LogP contribution in [0.1, 0.15) is 29.8 Å². The summed E-state index contributed by atoms with van der Waals surface area (Å²) in [4.78, 5) is 17.3. The third-order valence-electron chi connectivity index (χ3n) is 6.59. The normalized spacial score (nSPS) is 11.5. The van der Waals surface area contributed by atoms with Crippen LogP contribution in [0, 0.1) is 6.92 Å². The van der Waals surface area contributed by atoms with Gasteiger partial charge in [0, 0.05) is 30.3 Å².